The van der Waals surface area contributed by atoms with Gasteiger partial charge in [0.25, 0.3) is 0 Å². The van der Waals surface area contributed by atoms with E-state index in [-0.39, 0.29) is 11.7 Å². The Bertz CT molecular complexity index is 978. The third kappa shape index (κ3) is 5.19. The van der Waals surface area contributed by atoms with Crippen molar-refractivity contribution in [2.45, 2.75) is 18.1 Å². The monoisotopic (exact) mass is 435 g/mol. The summed E-state index contributed by atoms with van der Waals surface area (Å²) in [5.74, 6) is 0.829. The van der Waals surface area contributed by atoms with Crippen molar-refractivity contribution in [2.75, 3.05) is 11.1 Å². The molecule has 0 fully saturated rings. The van der Waals surface area contributed by atoms with Crippen molar-refractivity contribution in [1.29, 1.82) is 0 Å². The van der Waals surface area contributed by atoms with Crippen LogP contribution < -0.4 is 5.32 Å². The number of benzene rings is 1. The van der Waals surface area contributed by atoms with Gasteiger partial charge in [0.1, 0.15) is 5.82 Å². The van der Waals surface area contributed by atoms with Crippen LogP contribution in [0.4, 0.5) is 5.69 Å². The van der Waals surface area contributed by atoms with Crippen LogP contribution in [0.2, 0.25) is 10.0 Å². The largest absolute Gasteiger partial charge is 0.354 e. The first kappa shape index (κ1) is 20.5. The van der Waals surface area contributed by atoms with Gasteiger partial charge in [-0.15, -0.1) is 16.8 Å². The molecule has 0 radical (unpaired) electrons. The summed E-state index contributed by atoms with van der Waals surface area (Å²) >= 11 is 13.2. The molecule has 6 nitrogen and oxygen atoms in total. The number of hydrogen-bond donors (Lipinski definition) is 1. The molecule has 3 aromatic rings. The van der Waals surface area contributed by atoms with E-state index >= 15 is 0 Å². The summed E-state index contributed by atoms with van der Waals surface area (Å²) in [5, 5.41) is 12.9. The molecule has 1 aromatic carbocycles. The van der Waals surface area contributed by atoms with Gasteiger partial charge >= 0.3 is 0 Å². The van der Waals surface area contributed by atoms with E-state index in [9.17, 15) is 4.79 Å². The molecule has 9 heteroatoms. The molecule has 28 heavy (non-hydrogen) atoms. The van der Waals surface area contributed by atoms with E-state index in [1.165, 1.54) is 11.8 Å². The Morgan fingerprint density at radius 3 is 2.68 bits per heavy atom. The highest BCUT2D eigenvalue weighted by molar-refractivity contribution is 7.99. The molecule has 1 amide bonds. The van der Waals surface area contributed by atoms with E-state index < -0.39 is 0 Å². The van der Waals surface area contributed by atoms with Crippen LogP contribution in [0.25, 0.3) is 0 Å². The van der Waals surface area contributed by atoms with Crippen molar-refractivity contribution in [3.63, 3.8) is 0 Å². The number of nitrogens with zero attached hydrogens (tertiary/aromatic N) is 4. The van der Waals surface area contributed by atoms with Crippen LogP contribution in [0.15, 0.2) is 54.3 Å². The highest BCUT2D eigenvalue weighted by Crippen LogP contribution is 2.23. The first-order valence-corrected chi connectivity index (χ1v) is 10.2. The predicted octanol–water partition coefficient (Wildman–Crippen LogP) is 4.43. The lowest BCUT2D eigenvalue weighted by Crippen LogP contribution is -2.15. The summed E-state index contributed by atoms with van der Waals surface area (Å²) < 4.78 is 4.01. The number of carbonyl (C=O) groups is 1. The maximum atomic E-state index is 12.3. The number of thioether (sulfide) groups is 1. The average Bonchev–Trinajstić information content (AvgIpc) is 3.20. The molecule has 1 N–H and O–H groups in total. The van der Waals surface area contributed by atoms with Gasteiger partial charge in [0, 0.05) is 47.6 Å². The number of aryl methyl sites for hydroxylation is 1. The Kier molecular flexibility index (Phi) is 6.83. The lowest BCUT2D eigenvalue weighted by Gasteiger charge is -2.09. The van der Waals surface area contributed by atoms with Gasteiger partial charge in [0.05, 0.1) is 5.75 Å². The fraction of sp³-hybridized carbons (Fsp3) is 0.211. The minimum atomic E-state index is -0.180. The Hall–Kier alpha value is -2.22. The second-order valence-corrected chi connectivity index (χ2v) is 7.90. The van der Waals surface area contributed by atoms with Gasteiger partial charge in [-0.05, 0) is 30.3 Å². The van der Waals surface area contributed by atoms with Gasteiger partial charge in [-0.25, -0.2) is 0 Å². The molecular formula is C19H19Cl2N5OS. The number of rotatable bonds is 8. The Morgan fingerprint density at radius 2 is 2.04 bits per heavy atom. The van der Waals surface area contributed by atoms with Gasteiger partial charge in [-0.3, -0.25) is 4.79 Å². The molecule has 0 aliphatic heterocycles. The molecule has 0 unspecified atom stereocenters. The molecule has 0 atom stereocenters. The van der Waals surface area contributed by atoms with Crippen molar-refractivity contribution in [1.82, 2.24) is 19.3 Å². The molecular weight excluding hydrogens is 417 g/mol. The Morgan fingerprint density at radius 1 is 1.29 bits per heavy atom. The summed E-state index contributed by atoms with van der Waals surface area (Å²) in [6, 6.07) is 8.94. The van der Waals surface area contributed by atoms with Gasteiger partial charge < -0.3 is 14.5 Å². The van der Waals surface area contributed by atoms with E-state index in [2.05, 4.69) is 22.1 Å². The van der Waals surface area contributed by atoms with Crippen molar-refractivity contribution < 1.29 is 4.79 Å². The molecule has 0 aliphatic carbocycles. The first-order valence-electron chi connectivity index (χ1n) is 8.48. The number of allylic oxidation sites excluding steroid dienone is 1. The molecule has 0 spiro atoms. The van der Waals surface area contributed by atoms with Gasteiger partial charge in [-0.2, -0.15) is 0 Å². The lowest BCUT2D eigenvalue weighted by atomic mass is 10.3. The van der Waals surface area contributed by atoms with Crippen molar-refractivity contribution >= 4 is 46.6 Å². The Labute approximate surface area is 177 Å². The summed E-state index contributed by atoms with van der Waals surface area (Å²) in [4.78, 5) is 12.3. The smallest absolute Gasteiger partial charge is 0.234 e. The van der Waals surface area contributed by atoms with Crippen LogP contribution in [-0.2, 0) is 24.8 Å². The van der Waals surface area contributed by atoms with Crippen LogP contribution in [0.5, 0.6) is 0 Å². The van der Waals surface area contributed by atoms with Crippen LogP contribution in [-0.4, -0.2) is 31.0 Å². The zero-order valence-corrected chi connectivity index (χ0v) is 17.6. The van der Waals surface area contributed by atoms with E-state index in [1.54, 1.807) is 24.3 Å². The molecule has 0 saturated carbocycles. The predicted molar refractivity (Wildman–Crippen MR) is 114 cm³/mol. The third-order valence-electron chi connectivity index (χ3n) is 3.97. The minimum Gasteiger partial charge on any atom is -0.354 e. The van der Waals surface area contributed by atoms with Crippen LogP contribution in [0.3, 0.4) is 0 Å². The Balaban J connectivity index is 1.67. The average molecular weight is 436 g/mol. The zero-order valence-electron chi connectivity index (χ0n) is 15.2. The fourth-order valence-electron chi connectivity index (χ4n) is 2.66. The highest BCUT2D eigenvalue weighted by Gasteiger charge is 2.15. The second-order valence-electron chi connectivity index (χ2n) is 6.08. The van der Waals surface area contributed by atoms with Crippen LogP contribution in [0, 0.1) is 0 Å². The number of nitrogens with one attached hydrogen (secondary N) is 1. The van der Waals surface area contributed by atoms with E-state index in [1.807, 2.05) is 34.5 Å². The van der Waals surface area contributed by atoms with Crippen molar-refractivity contribution in [3.05, 3.63) is 70.7 Å². The van der Waals surface area contributed by atoms with Gasteiger partial charge in [0.2, 0.25) is 5.91 Å². The quantitative estimate of drug-likeness (QED) is 0.419. The van der Waals surface area contributed by atoms with E-state index in [0.29, 0.717) is 33.9 Å². The molecule has 0 saturated heterocycles. The maximum absolute atomic E-state index is 12.3. The van der Waals surface area contributed by atoms with Crippen molar-refractivity contribution in [3.8, 4) is 0 Å². The van der Waals surface area contributed by atoms with Crippen molar-refractivity contribution in [2.24, 2.45) is 7.05 Å². The summed E-state index contributed by atoms with van der Waals surface area (Å²) in [7, 11) is 1.99. The van der Waals surface area contributed by atoms with Gasteiger partial charge in [0.15, 0.2) is 5.16 Å². The molecule has 3 rings (SSSR count). The number of amides is 1. The molecule has 0 bridgehead atoms. The maximum Gasteiger partial charge on any atom is 0.234 e. The molecule has 2 heterocycles. The highest BCUT2D eigenvalue weighted by atomic mass is 35.5. The first-order chi connectivity index (χ1) is 13.5. The number of halogens is 2. The minimum absolute atomic E-state index is 0.180. The zero-order chi connectivity index (χ0) is 20.1. The third-order valence-corrected chi connectivity index (χ3v) is 5.38. The fourth-order valence-corrected chi connectivity index (χ4v) is 3.96. The number of aromatic nitrogens is 4. The summed E-state index contributed by atoms with van der Waals surface area (Å²) in [5.41, 5.74) is 1.69. The van der Waals surface area contributed by atoms with E-state index in [4.69, 9.17) is 23.2 Å². The van der Waals surface area contributed by atoms with Crippen LogP contribution >= 0.6 is 35.0 Å². The normalized spacial score (nSPS) is 10.8. The van der Waals surface area contributed by atoms with Gasteiger partial charge in [-0.1, -0.05) is 41.0 Å². The molecule has 2 aromatic heterocycles. The standard InChI is InChI=1S/C19H19Cl2N5OS/c1-3-6-26-17(11-16-5-4-7-25(16)2)23-24-19(26)28-12-18(27)22-15-9-13(20)8-14(21)10-15/h3-5,7-10H,1,6,11-12H2,2H3,(H,22,27). The topological polar surface area (TPSA) is 64.7 Å². The number of carbonyl (C=O) groups excluding carboxylic acids is 1. The van der Waals surface area contributed by atoms with Crippen LogP contribution in [0.1, 0.15) is 11.5 Å². The number of hydrogen-bond acceptors (Lipinski definition) is 4. The molecule has 0 aliphatic rings. The number of anilines is 1. The summed E-state index contributed by atoms with van der Waals surface area (Å²) in [6.45, 7) is 4.37. The molecule has 146 valence electrons. The van der Waals surface area contributed by atoms with E-state index in [0.717, 1.165) is 11.5 Å². The lowest BCUT2D eigenvalue weighted by molar-refractivity contribution is -0.113. The summed E-state index contributed by atoms with van der Waals surface area (Å²) in [6.07, 6.45) is 4.43. The second kappa shape index (κ2) is 9.32. The SMILES string of the molecule is C=CCn1c(Cc2cccn2C)nnc1SCC(=O)Nc1cc(Cl)cc(Cl)c1.